The summed E-state index contributed by atoms with van der Waals surface area (Å²) in [5, 5.41) is 4.17. The van der Waals surface area contributed by atoms with Gasteiger partial charge in [-0.2, -0.15) is 4.31 Å². The lowest BCUT2D eigenvalue weighted by Gasteiger charge is -2.21. The first-order valence-corrected chi connectivity index (χ1v) is 8.52. The van der Waals surface area contributed by atoms with E-state index in [4.69, 9.17) is 4.52 Å². The molecular weight excluding hydrogens is 292 g/mol. The van der Waals surface area contributed by atoms with E-state index in [1.54, 1.807) is 0 Å². The zero-order valence-corrected chi connectivity index (χ0v) is 12.6. The molecule has 1 N–H and O–H groups in total. The van der Waals surface area contributed by atoms with Gasteiger partial charge in [-0.15, -0.1) is 0 Å². The van der Waals surface area contributed by atoms with Crippen molar-refractivity contribution < 1.29 is 12.9 Å². The number of aryl methyl sites for hydroxylation is 1. The Labute approximate surface area is 123 Å². The van der Waals surface area contributed by atoms with Crippen LogP contribution in [0.25, 0.3) is 0 Å². The Morgan fingerprint density at radius 3 is 3.10 bits per heavy atom. The number of sulfonamides is 1. The first-order valence-electron chi connectivity index (χ1n) is 7.08. The zero-order valence-electron chi connectivity index (χ0n) is 11.8. The standard InChI is InChI=1S/C13H18N4O3S/c1-2-4-10-7-11(16-20-10)12-5-3-6-17(12)21(18,19)13-8-14-9-15-13/h7-9,12H,2-6H2,1H3,(H,14,15)/t12-/m1/s1. The number of hydrogen-bond acceptors (Lipinski definition) is 5. The average molecular weight is 310 g/mol. The Bertz CT molecular complexity index is 693. The molecule has 0 bridgehead atoms. The van der Waals surface area contributed by atoms with E-state index in [0.717, 1.165) is 31.4 Å². The van der Waals surface area contributed by atoms with Gasteiger partial charge in [0.1, 0.15) is 11.5 Å². The third-order valence-electron chi connectivity index (χ3n) is 3.68. The lowest BCUT2D eigenvalue weighted by Crippen LogP contribution is -2.31. The highest BCUT2D eigenvalue weighted by Gasteiger charge is 2.38. The van der Waals surface area contributed by atoms with Crippen LogP contribution in [0.3, 0.4) is 0 Å². The van der Waals surface area contributed by atoms with Gasteiger partial charge in [-0.05, 0) is 19.3 Å². The maximum Gasteiger partial charge on any atom is 0.260 e. The Hall–Kier alpha value is -1.67. The van der Waals surface area contributed by atoms with Crippen LogP contribution in [0, 0.1) is 0 Å². The second kappa shape index (κ2) is 5.61. The van der Waals surface area contributed by atoms with Crippen molar-refractivity contribution in [2.24, 2.45) is 0 Å². The third-order valence-corrected chi connectivity index (χ3v) is 5.51. The van der Waals surface area contributed by atoms with Crippen LogP contribution in [0.2, 0.25) is 0 Å². The molecule has 3 heterocycles. The summed E-state index contributed by atoms with van der Waals surface area (Å²) >= 11 is 0. The smallest absolute Gasteiger partial charge is 0.260 e. The largest absolute Gasteiger partial charge is 0.361 e. The summed E-state index contributed by atoms with van der Waals surface area (Å²) in [5.74, 6) is 0.804. The van der Waals surface area contributed by atoms with E-state index in [1.807, 2.05) is 6.07 Å². The SMILES string of the molecule is CCCc1cc([C@H]2CCCN2S(=O)(=O)c2cnc[nH]2)no1. The molecule has 0 unspecified atom stereocenters. The van der Waals surface area contributed by atoms with Crippen LogP contribution in [-0.2, 0) is 16.4 Å². The number of aromatic nitrogens is 3. The van der Waals surface area contributed by atoms with E-state index in [9.17, 15) is 8.42 Å². The highest BCUT2D eigenvalue weighted by Crippen LogP contribution is 2.35. The lowest BCUT2D eigenvalue weighted by atomic mass is 10.1. The summed E-state index contributed by atoms with van der Waals surface area (Å²) < 4.78 is 32.0. The van der Waals surface area contributed by atoms with Gasteiger partial charge in [0, 0.05) is 19.0 Å². The van der Waals surface area contributed by atoms with E-state index in [-0.39, 0.29) is 11.1 Å². The summed E-state index contributed by atoms with van der Waals surface area (Å²) in [5.41, 5.74) is 0.694. The van der Waals surface area contributed by atoms with Gasteiger partial charge in [0.25, 0.3) is 10.0 Å². The molecule has 2 aromatic rings. The molecule has 1 aliphatic heterocycles. The molecule has 0 amide bonds. The van der Waals surface area contributed by atoms with Crippen molar-refractivity contribution in [2.75, 3.05) is 6.54 Å². The second-order valence-electron chi connectivity index (χ2n) is 5.16. The van der Waals surface area contributed by atoms with Gasteiger partial charge in [0.2, 0.25) is 0 Å². The highest BCUT2D eigenvalue weighted by atomic mass is 32.2. The van der Waals surface area contributed by atoms with Gasteiger partial charge in [0.05, 0.1) is 18.6 Å². The normalized spacial score (nSPS) is 20.1. The molecular formula is C13H18N4O3S. The molecule has 0 spiro atoms. The van der Waals surface area contributed by atoms with E-state index >= 15 is 0 Å². The summed E-state index contributed by atoms with van der Waals surface area (Å²) in [6.07, 6.45) is 6.05. The van der Waals surface area contributed by atoms with Gasteiger partial charge < -0.3 is 9.51 Å². The fourth-order valence-electron chi connectivity index (χ4n) is 2.68. The summed E-state index contributed by atoms with van der Waals surface area (Å²) in [6.45, 7) is 2.55. The van der Waals surface area contributed by atoms with E-state index in [2.05, 4.69) is 22.0 Å². The molecule has 0 radical (unpaired) electrons. The molecule has 1 aliphatic rings. The monoisotopic (exact) mass is 310 g/mol. The Balaban J connectivity index is 1.88. The number of rotatable bonds is 5. The number of nitrogens with zero attached hydrogens (tertiary/aromatic N) is 3. The summed E-state index contributed by atoms with van der Waals surface area (Å²) in [4.78, 5) is 6.46. The molecule has 1 saturated heterocycles. The van der Waals surface area contributed by atoms with Gasteiger partial charge >= 0.3 is 0 Å². The topological polar surface area (TPSA) is 92.1 Å². The molecule has 21 heavy (non-hydrogen) atoms. The van der Waals surface area contributed by atoms with Crippen molar-refractivity contribution in [1.29, 1.82) is 0 Å². The number of H-pyrrole nitrogens is 1. The van der Waals surface area contributed by atoms with Crippen molar-refractivity contribution in [1.82, 2.24) is 19.4 Å². The Morgan fingerprint density at radius 1 is 1.52 bits per heavy atom. The van der Waals surface area contributed by atoms with E-state index in [0.29, 0.717) is 12.2 Å². The van der Waals surface area contributed by atoms with Gasteiger partial charge in [0.15, 0.2) is 5.03 Å². The summed E-state index contributed by atoms with van der Waals surface area (Å²) in [7, 11) is -3.56. The summed E-state index contributed by atoms with van der Waals surface area (Å²) in [6, 6.07) is 1.61. The third kappa shape index (κ3) is 2.60. The maximum atomic E-state index is 12.6. The fourth-order valence-corrected chi connectivity index (χ4v) is 4.25. The van der Waals surface area contributed by atoms with Crippen molar-refractivity contribution in [3.05, 3.63) is 30.0 Å². The zero-order chi connectivity index (χ0) is 14.9. The van der Waals surface area contributed by atoms with Crippen LogP contribution >= 0.6 is 0 Å². The molecule has 114 valence electrons. The van der Waals surface area contributed by atoms with Crippen molar-refractivity contribution in [3.63, 3.8) is 0 Å². The molecule has 0 aliphatic carbocycles. The fraction of sp³-hybridized carbons (Fsp3) is 0.538. The van der Waals surface area contributed by atoms with Crippen LogP contribution in [0.15, 0.2) is 28.1 Å². The van der Waals surface area contributed by atoms with Crippen LogP contribution in [-0.4, -0.2) is 34.4 Å². The minimum Gasteiger partial charge on any atom is -0.361 e. The molecule has 3 rings (SSSR count). The number of imidazole rings is 1. The van der Waals surface area contributed by atoms with Crippen LogP contribution in [0.5, 0.6) is 0 Å². The minimum atomic E-state index is -3.56. The molecule has 1 fully saturated rings. The molecule has 1 atom stereocenters. The van der Waals surface area contributed by atoms with E-state index < -0.39 is 10.0 Å². The quantitative estimate of drug-likeness (QED) is 0.910. The van der Waals surface area contributed by atoms with Crippen molar-refractivity contribution in [2.45, 2.75) is 43.7 Å². The highest BCUT2D eigenvalue weighted by molar-refractivity contribution is 7.89. The van der Waals surface area contributed by atoms with Crippen LogP contribution < -0.4 is 0 Å². The van der Waals surface area contributed by atoms with Gasteiger partial charge in [-0.3, -0.25) is 0 Å². The average Bonchev–Trinajstić information content (AvgIpc) is 3.20. The maximum absolute atomic E-state index is 12.6. The van der Waals surface area contributed by atoms with Crippen molar-refractivity contribution in [3.8, 4) is 0 Å². The van der Waals surface area contributed by atoms with Gasteiger partial charge in [-0.25, -0.2) is 13.4 Å². The number of hydrogen-bond donors (Lipinski definition) is 1. The first kappa shape index (κ1) is 14.3. The first-order chi connectivity index (χ1) is 10.1. The van der Waals surface area contributed by atoms with Crippen molar-refractivity contribution >= 4 is 10.0 Å². The second-order valence-corrected chi connectivity index (χ2v) is 7.02. The number of nitrogens with one attached hydrogen (secondary N) is 1. The predicted octanol–water partition coefficient (Wildman–Crippen LogP) is 1.88. The van der Waals surface area contributed by atoms with Gasteiger partial charge in [-0.1, -0.05) is 12.1 Å². The molecule has 2 aromatic heterocycles. The number of aromatic amines is 1. The molecule has 7 nitrogen and oxygen atoms in total. The molecule has 0 aromatic carbocycles. The van der Waals surface area contributed by atoms with Crippen LogP contribution in [0.1, 0.15) is 43.7 Å². The van der Waals surface area contributed by atoms with Crippen LogP contribution in [0.4, 0.5) is 0 Å². The predicted molar refractivity (Wildman–Crippen MR) is 75.0 cm³/mol. The molecule has 8 heteroatoms. The van der Waals surface area contributed by atoms with E-state index in [1.165, 1.54) is 16.8 Å². The Kier molecular flexibility index (Phi) is 3.81. The molecule has 0 saturated carbocycles. The lowest BCUT2D eigenvalue weighted by molar-refractivity contribution is 0.343. The minimum absolute atomic E-state index is 0.117. The Morgan fingerprint density at radius 2 is 2.38 bits per heavy atom.